The Morgan fingerprint density at radius 3 is 2.57 bits per heavy atom. The molecule has 21 heavy (non-hydrogen) atoms. The molecule has 5 heteroatoms. The van der Waals surface area contributed by atoms with E-state index in [-0.39, 0.29) is 11.6 Å². The normalized spacial score (nSPS) is 12.1. The quantitative estimate of drug-likeness (QED) is 0.881. The molecule has 0 spiro atoms. The second-order valence-corrected chi connectivity index (χ2v) is 4.99. The molecule has 0 aliphatic rings. The minimum atomic E-state index is -0.280. The van der Waals surface area contributed by atoms with Gasteiger partial charge in [0.05, 0.1) is 13.7 Å². The van der Waals surface area contributed by atoms with Crippen molar-refractivity contribution in [2.75, 3.05) is 7.11 Å². The van der Waals surface area contributed by atoms with Crippen molar-refractivity contribution in [3.63, 3.8) is 0 Å². The molecule has 0 saturated heterocycles. The third kappa shape index (κ3) is 3.92. The van der Waals surface area contributed by atoms with Gasteiger partial charge in [-0.1, -0.05) is 37.6 Å². The van der Waals surface area contributed by atoms with Crippen molar-refractivity contribution >= 4 is 0 Å². The van der Waals surface area contributed by atoms with E-state index in [9.17, 15) is 4.79 Å². The molecular weight excluding hydrogens is 266 g/mol. The van der Waals surface area contributed by atoms with Gasteiger partial charge in [-0.3, -0.25) is 4.79 Å². The number of hydrogen-bond acceptors (Lipinski definition) is 4. The standard InChI is InChI=1S/C16H21N3O2/c1-3-4-12-5-7-13(8-6-12)14(17)11-19-16(20)10-9-15(18-19)21-2/h5-10,14H,3-4,11,17H2,1-2H3. The van der Waals surface area contributed by atoms with Gasteiger partial charge in [-0.2, -0.15) is 0 Å². The van der Waals surface area contributed by atoms with Crippen LogP contribution in [0.2, 0.25) is 0 Å². The summed E-state index contributed by atoms with van der Waals surface area (Å²) in [6.45, 7) is 2.48. The number of hydrogen-bond donors (Lipinski definition) is 1. The number of nitrogens with two attached hydrogens (primary N) is 1. The Morgan fingerprint density at radius 2 is 1.95 bits per heavy atom. The first-order valence-electron chi connectivity index (χ1n) is 7.10. The fourth-order valence-corrected chi connectivity index (χ4v) is 2.18. The first kappa shape index (κ1) is 15.3. The van der Waals surface area contributed by atoms with Gasteiger partial charge in [-0.25, -0.2) is 4.68 Å². The number of rotatable bonds is 6. The monoisotopic (exact) mass is 287 g/mol. The molecular formula is C16H21N3O2. The molecule has 2 aromatic rings. The van der Waals surface area contributed by atoms with Gasteiger partial charge < -0.3 is 10.5 Å². The summed E-state index contributed by atoms with van der Waals surface area (Å²) >= 11 is 0. The molecule has 1 heterocycles. The van der Waals surface area contributed by atoms with E-state index in [1.165, 1.54) is 23.4 Å². The lowest BCUT2D eigenvalue weighted by atomic mass is 10.0. The van der Waals surface area contributed by atoms with E-state index in [2.05, 4.69) is 24.2 Å². The molecule has 2 N–H and O–H groups in total. The van der Waals surface area contributed by atoms with Crippen molar-refractivity contribution in [2.24, 2.45) is 5.73 Å². The minimum absolute atomic E-state index is 0.186. The lowest BCUT2D eigenvalue weighted by molar-refractivity contribution is 0.370. The summed E-state index contributed by atoms with van der Waals surface area (Å²) in [6, 6.07) is 10.9. The van der Waals surface area contributed by atoms with Crippen LogP contribution in [0.5, 0.6) is 5.88 Å². The summed E-state index contributed by atoms with van der Waals surface area (Å²) in [7, 11) is 1.52. The molecule has 112 valence electrons. The molecule has 0 aliphatic carbocycles. The molecule has 0 amide bonds. The van der Waals surface area contributed by atoms with E-state index in [0.717, 1.165) is 18.4 Å². The number of nitrogens with zero attached hydrogens (tertiary/aromatic N) is 2. The number of aryl methyl sites for hydroxylation is 1. The first-order valence-corrected chi connectivity index (χ1v) is 7.10. The van der Waals surface area contributed by atoms with Crippen LogP contribution in [0.1, 0.15) is 30.5 Å². The average molecular weight is 287 g/mol. The zero-order valence-corrected chi connectivity index (χ0v) is 12.5. The Balaban J connectivity index is 2.13. The van der Waals surface area contributed by atoms with Gasteiger partial charge in [-0.15, -0.1) is 5.10 Å². The summed E-state index contributed by atoms with van der Waals surface area (Å²) in [5.41, 5.74) is 8.27. The molecule has 5 nitrogen and oxygen atoms in total. The van der Waals surface area contributed by atoms with Gasteiger partial charge >= 0.3 is 0 Å². The van der Waals surface area contributed by atoms with Crippen molar-refractivity contribution in [2.45, 2.75) is 32.4 Å². The van der Waals surface area contributed by atoms with E-state index < -0.39 is 0 Å². The Bertz CT molecular complexity index is 635. The Hall–Kier alpha value is -2.14. The van der Waals surface area contributed by atoms with Crippen molar-refractivity contribution in [3.8, 4) is 5.88 Å². The lowest BCUT2D eigenvalue weighted by Crippen LogP contribution is -2.28. The van der Waals surface area contributed by atoms with Gasteiger partial charge in [-0.05, 0) is 17.5 Å². The highest BCUT2D eigenvalue weighted by Gasteiger charge is 2.09. The average Bonchev–Trinajstić information content (AvgIpc) is 2.50. The van der Waals surface area contributed by atoms with Crippen LogP contribution < -0.4 is 16.0 Å². The number of methoxy groups -OCH3 is 1. The van der Waals surface area contributed by atoms with Crippen LogP contribution >= 0.6 is 0 Å². The molecule has 2 rings (SSSR count). The molecule has 1 atom stereocenters. The maximum absolute atomic E-state index is 11.8. The molecule has 1 unspecified atom stereocenters. The highest BCUT2D eigenvalue weighted by Crippen LogP contribution is 2.14. The van der Waals surface area contributed by atoms with E-state index >= 15 is 0 Å². The summed E-state index contributed by atoms with van der Waals surface area (Å²) in [6.07, 6.45) is 2.18. The summed E-state index contributed by atoms with van der Waals surface area (Å²) in [4.78, 5) is 11.8. The molecule has 0 fully saturated rings. The predicted octanol–water partition coefficient (Wildman–Crippen LogP) is 1.90. The predicted molar refractivity (Wildman–Crippen MR) is 82.4 cm³/mol. The maximum Gasteiger partial charge on any atom is 0.267 e. The number of benzene rings is 1. The highest BCUT2D eigenvalue weighted by atomic mass is 16.5. The third-order valence-corrected chi connectivity index (χ3v) is 3.37. The van der Waals surface area contributed by atoms with Gasteiger partial charge in [0.1, 0.15) is 0 Å². The first-order chi connectivity index (χ1) is 10.1. The second kappa shape index (κ2) is 7.04. The summed E-state index contributed by atoms with van der Waals surface area (Å²) < 4.78 is 6.36. The fraction of sp³-hybridized carbons (Fsp3) is 0.375. The zero-order valence-electron chi connectivity index (χ0n) is 12.5. The van der Waals surface area contributed by atoms with Crippen molar-refractivity contribution in [1.82, 2.24) is 9.78 Å². The third-order valence-electron chi connectivity index (χ3n) is 3.37. The van der Waals surface area contributed by atoms with Crippen LogP contribution in [0, 0.1) is 0 Å². The molecule has 0 aliphatic heterocycles. The number of aromatic nitrogens is 2. The van der Waals surface area contributed by atoms with Crippen LogP contribution in [0.3, 0.4) is 0 Å². The van der Waals surface area contributed by atoms with Gasteiger partial charge in [0.2, 0.25) is 5.88 Å². The van der Waals surface area contributed by atoms with E-state index in [4.69, 9.17) is 10.5 Å². The van der Waals surface area contributed by atoms with Crippen LogP contribution in [0.4, 0.5) is 0 Å². The van der Waals surface area contributed by atoms with Crippen molar-refractivity contribution < 1.29 is 4.74 Å². The van der Waals surface area contributed by atoms with Crippen LogP contribution in [0.25, 0.3) is 0 Å². The Morgan fingerprint density at radius 1 is 1.24 bits per heavy atom. The van der Waals surface area contributed by atoms with Gasteiger partial charge in [0.15, 0.2) is 0 Å². The minimum Gasteiger partial charge on any atom is -0.480 e. The SMILES string of the molecule is CCCc1ccc(C(N)Cn2nc(OC)ccc2=O)cc1. The molecule has 1 aromatic heterocycles. The largest absolute Gasteiger partial charge is 0.480 e. The number of ether oxygens (including phenoxy) is 1. The van der Waals surface area contributed by atoms with E-state index in [1.54, 1.807) is 6.07 Å². The molecule has 0 bridgehead atoms. The fourth-order valence-electron chi connectivity index (χ4n) is 2.18. The Labute approximate surface area is 124 Å². The van der Waals surface area contributed by atoms with Crippen LogP contribution in [0.15, 0.2) is 41.2 Å². The topological polar surface area (TPSA) is 70.1 Å². The highest BCUT2D eigenvalue weighted by molar-refractivity contribution is 5.25. The van der Waals surface area contributed by atoms with Crippen molar-refractivity contribution in [1.29, 1.82) is 0 Å². The Kier molecular flexibility index (Phi) is 5.11. The molecule has 0 saturated carbocycles. The smallest absolute Gasteiger partial charge is 0.267 e. The van der Waals surface area contributed by atoms with E-state index in [0.29, 0.717) is 12.4 Å². The maximum atomic E-state index is 11.8. The molecule has 1 aromatic carbocycles. The molecule has 0 radical (unpaired) electrons. The van der Waals surface area contributed by atoms with Crippen LogP contribution in [-0.2, 0) is 13.0 Å². The van der Waals surface area contributed by atoms with Crippen LogP contribution in [-0.4, -0.2) is 16.9 Å². The lowest BCUT2D eigenvalue weighted by Gasteiger charge is -2.14. The second-order valence-electron chi connectivity index (χ2n) is 4.99. The zero-order chi connectivity index (χ0) is 15.2. The van der Waals surface area contributed by atoms with Crippen molar-refractivity contribution in [3.05, 3.63) is 57.9 Å². The van der Waals surface area contributed by atoms with Gasteiger partial charge in [0.25, 0.3) is 5.56 Å². The van der Waals surface area contributed by atoms with Gasteiger partial charge in [0, 0.05) is 18.2 Å². The summed E-state index contributed by atoms with van der Waals surface area (Å²) in [5.74, 6) is 0.403. The summed E-state index contributed by atoms with van der Waals surface area (Å²) in [5, 5.41) is 4.11. The van der Waals surface area contributed by atoms with E-state index in [1.807, 2.05) is 12.1 Å².